The molecule has 0 fully saturated rings. The van der Waals surface area contributed by atoms with Crippen molar-refractivity contribution in [3.63, 3.8) is 0 Å². The number of nitrogens with zero attached hydrogens (tertiary/aromatic N) is 2. The largest absolute Gasteiger partial charge is 0.480 e. The van der Waals surface area contributed by atoms with Crippen LogP contribution in [0.4, 0.5) is 8.78 Å². The van der Waals surface area contributed by atoms with Crippen molar-refractivity contribution in [1.82, 2.24) is 9.55 Å². The second-order valence-corrected chi connectivity index (χ2v) is 5.58. The molecule has 25 heavy (non-hydrogen) atoms. The zero-order valence-electron chi connectivity index (χ0n) is 13.1. The van der Waals surface area contributed by atoms with Crippen LogP contribution in [-0.4, -0.2) is 20.6 Å². The number of carboxylic acids is 1. The summed E-state index contributed by atoms with van der Waals surface area (Å²) in [5, 5.41) is 9.49. The van der Waals surface area contributed by atoms with Gasteiger partial charge >= 0.3 is 5.97 Å². The van der Waals surface area contributed by atoms with Crippen LogP contribution in [0, 0.1) is 11.6 Å². The summed E-state index contributed by atoms with van der Waals surface area (Å²) in [5.41, 5.74) is 0.561. The average Bonchev–Trinajstić information content (AvgIpc) is 2.58. The first-order valence-electron chi connectivity index (χ1n) is 7.60. The Labute approximate surface area is 141 Å². The molecule has 2 aromatic carbocycles. The van der Waals surface area contributed by atoms with E-state index in [1.54, 1.807) is 24.3 Å². The van der Waals surface area contributed by atoms with Crippen molar-refractivity contribution in [2.24, 2.45) is 0 Å². The number of para-hydroxylation sites is 1. The highest BCUT2D eigenvalue weighted by Gasteiger charge is 2.13. The topological polar surface area (TPSA) is 72.2 Å². The second kappa shape index (κ2) is 6.80. The third kappa shape index (κ3) is 3.55. The van der Waals surface area contributed by atoms with Gasteiger partial charge in [0.1, 0.15) is 12.4 Å². The number of hydrogen-bond donors (Lipinski definition) is 1. The first-order chi connectivity index (χ1) is 12.0. The van der Waals surface area contributed by atoms with E-state index in [1.165, 1.54) is 10.6 Å². The maximum atomic E-state index is 13.3. The molecule has 0 aliphatic heterocycles. The molecule has 128 valence electrons. The third-order valence-electron chi connectivity index (χ3n) is 3.88. The average molecular weight is 344 g/mol. The Balaban J connectivity index is 2.00. The molecule has 0 radical (unpaired) electrons. The molecule has 0 saturated carbocycles. The number of halogens is 2. The summed E-state index contributed by atoms with van der Waals surface area (Å²) >= 11 is 0. The Morgan fingerprint density at radius 1 is 1.08 bits per heavy atom. The zero-order chi connectivity index (χ0) is 18.0. The van der Waals surface area contributed by atoms with Gasteiger partial charge in [0, 0.05) is 6.42 Å². The highest BCUT2D eigenvalue weighted by atomic mass is 19.2. The lowest BCUT2D eigenvalue weighted by Gasteiger charge is -2.14. The molecule has 0 saturated heterocycles. The van der Waals surface area contributed by atoms with Crippen LogP contribution in [0.1, 0.15) is 11.4 Å². The predicted molar refractivity (Wildman–Crippen MR) is 87.4 cm³/mol. The lowest BCUT2D eigenvalue weighted by atomic mass is 10.1. The van der Waals surface area contributed by atoms with Crippen molar-refractivity contribution in [2.45, 2.75) is 19.4 Å². The number of rotatable bonds is 5. The number of benzene rings is 2. The number of aryl methyl sites for hydroxylation is 2. The van der Waals surface area contributed by atoms with Crippen LogP contribution in [0.3, 0.4) is 0 Å². The summed E-state index contributed by atoms with van der Waals surface area (Å²) < 4.78 is 27.8. The molecular weight excluding hydrogens is 330 g/mol. The van der Waals surface area contributed by atoms with E-state index in [0.29, 0.717) is 22.9 Å². The molecule has 7 heteroatoms. The van der Waals surface area contributed by atoms with Gasteiger partial charge in [-0.3, -0.25) is 9.59 Å². The van der Waals surface area contributed by atoms with E-state index in [2.05, 4.69) is 4.98 Å². The number of aliphatic carboxylic acids is 1. The maximum Gasteiger partial charge on any atom is 0.323 e. The molecule has 0 aliphatic rings. The summed E-state index contributed by atoms with van der Waals surface area (Å²) in [7, 11) is 0. The summed E-state index contributed by atoms with van der Waals surface area (Å²) in [6.45, 7) is -0.346. The van der Waals surface area contributed by atoms with E-state index in [0.717, 1.165) is 12.1 Å². The fourth-order valence-electron chi connectivity index (χ4n) is 2.72. The van der Waals surface area contributed by atoms with Gasteiger partial charge in [0.25, 0.3) is 5.56 Å². The normalized spacial score (nSPS) is 11.0. The molecule has 0 unspecified atom stereocenters. The van der Waals surface area contributed by atoms with Crippen LogP contribution < -0.4 is 5.56 Å². The van der Waals surface area contributed by atoms with Gasteiger partial charge in [0.2, 0.25) is 0 Å². The van der Waals surface area contributed by atoms with Gasteiger partial charge in [-0.1, -0.05) is 18.2 Å². The number of carbonyl (C=O) groups is 1. The Bertz CT molecular complexity index is 1010. The van der Waals surface area contributed by atoms with Crippen LogP contribution in [0.5, 0.6) is 0 Å². The minimum absolute atomic E-state index is 0.221. The minimum Gasteiger partial charge on any atom is -0.480 e. The summed E-state index contributed by atoms with van der Waals surface area (Å²) in [6.07, 6.45) is 0.514. The lowest BCUT2D eigenvalue weighted by molar-refractivity contribution is -0.137. The van der Waals surface area contributed by atoms with Crippen molar-refractivity contribution in [3.05, 3.63) is 75.8 Å². The SMILES string of the molecule is O=C(O)Cn1c(CCc2ccc(F)c(F)c2)nc(=O)c2ccccc21. The third-order valence-corrected chi connectivity index (χ3v) is 3.88. The van der Waals surface area contributed by atoms with Gasteiger partial charge in [-0.05, 0) is 36.2 Å². The quantitative estimate of drug-likeness (QED) is 0.772. The molecular formula is C18H14F2N2O3. The van der Waals surface area contributed by atoms with Gasteiger partial charge in [0.05, 0.1) is 10.9 Å². The smallest absolute Gasteiger partial charge is 0.323 e. The molecule has 1 N–H and O–H groups in total. The lowest BCUT2D eigenvalue weighted by Crippen LogP contribution is -2.22. The second-order valence-electron chi connectivity index (χ2n) is 5.58. The van der Waals surface area contributed by atoms with Gasteiger partial charge < -0.3 is 9.67 Å². The Hall–Kier alpha value is -3.09. The molecule has 3 rings (SSSR count). The van der Waals surface area contributed by atoms with E-state index in [9.17, 15) is 18.4 Å². The van der Waals surface area contributed by atoms with Crippen molar-refractivity contribution in [3.8, 4) is 0 Å². The molecule has 1 heterocycles. The van der Waals surface area contributed by atoms with Crippen molar-refractivity contribution in [2.75, 3.05) is 0 Å². The van der Waals surface area contributed by atoms with Crippen LogP contribution >= 0.6 is 0 Å². The Morgan fingerprint density at radius 3 is 2.56 bits per heavy atom. The van der Waals surface area contributed by atoms with E-state index in [4.69, 9.17) is 5.11 Å². The number of aromatic nitrogens is 2. The molecule has 5 nitrogen and oxygen atoms in total. The fraction of sp³-hybridized carbons (Fsp3) is 0.167. The fourth-order valence-corrected chi connectivity index (χ4v) is 2.72. The minimum atomic E-state index is -1.07. The van der Waals surface area contributed by atoms with Gasteiger partial charge in [-0.25, -0.2) is 8.78 Å². The van der Waals surface area contributed by atoms with Crippen molar-refractivity contribution >= 4 is 16.9 Å². The number of hydrogen-bond acceptors (Lipinski definition) is 3. The zero-order valence-corrected chi connectivity index (χ0v) is 13.1. The summed E-state index contributed by atoms with van der Waals surface area (Å²) in [6, 6.07) is 10.2. The maximum absolute atomic E-state index is 13.3. The standard InChI is InChI=1S/C18H14F2N2O3/c19-13-7-5-11(9-14(13)20)6-8-16-21-18(25)12-3-1-2-4-15(12)22(16)10-17(23)24/h1-5,7,9H,6,8,10H2,(H,23,24). The first-order valence-corrected chi connectivity index (χ1v) is 7.60. The molecule has 0 atom stereocenters. The molecule has 3 aromatic rings. The molecule has 0 spiro atoms. The molecule has 0 aliphatic carbocycles. The molecule has 0 bridgehead atoms. The highest BCUT2D eigenvalue weighted by Crippen LogP contribution is 2.15. The van der Waals surface area contributed by atoms with E-state index < -0.39 is 23.2 Å². The molecule has 0 amide bonds. The van der Waals surface area contributed by atoms with Gasteiger partial charge in [0.15, 0.2) is 11.6 Å². The number of carboxylic acid groups (broad SMARTS) is 1. The predicted octanol–water partition coefficient (Wildman–Crippen LogP) is 2.54. The number of fused-ring (bicyclic) bond motifs is 1. The Morgan fingerprint density at radius 2 is 1.84 bits per heavy atom. The van der Waals surface area contributed by atoms with Crippen LogP contribution in [0.15, 0.2) is 47.3 Å². The van der Waals surface area contributed by atoms with Crippen LogP contribution in [0.2, 0.25) is 0 Å². The van der Waals surface area contributed by atoms with Crippen LogP contribution in [0.25, 0.3) is 10.9 Å². The first kappa shape index (κ1) is 16.8. The van der Waals surface area contributed by atoms with Crippen molar-refractivity contribution < 1.29 is 18.7 Å². The van der Waals surface area contributed by atoms with Crippen LogP contribution in [-0.2, 0) is 24.2 Å². The van der Waals surface area contributed by atoms with Gasteiger partial charge in [-0.15, -0.1) is 0 Å². The monoisotopic (exact) mass is 344 g/mol. The highest BCUT2D eigenvalue weighted by molar-refractivity contribution is 5.79. The van der Waals surface area contributed by atoms with E-state index >= 15 is 0 Å². The van der Waals surface area contributed by atoms with E-state index in [-0.39, 0.29) is 18.8 Å². The molecule has 1 aromatic heterocycles. The van der Waals surface area contributed by atoms with Gasteiger partial charge in [-0.2, -0.15) is 4.98 Å². The van der Waals surface area contributed by atoms with Crippen molar-refractivity contribution in [1.29, 1.82) is 0 Å². The summed E-state index contributed by atoms with van der Waals surface area (Å²) in [5.74, 6) is -2.66. The Kier molecular flexibility index (Phi) is 4.56. The summed E-state index contributed by atoms with van der Waals surface area (Å²) in [4.78, 5) is 27.3. The van der Waals surface area contributed by atoms with E-state index in [1.807, 2.05) is 0 Å².